The molecule has 96 valence electrons. The summed E-state index contributed by atoms with van der Waals surface area (Å²) in [4.78, 5) is 4.47. The van der Waals surface area contributed by atoms with Crippen LogP contribution >= 0.6 is 0 Å². The SMILES string of the molecule is C/C(=C\N=CC1CCCNC1)c1ccc(C)cc1. The number of allylic oxidation sites excluding steroid dienone is 1. The van der Waals surface area contributed by atoms with Crippen LogP contribution < -0.4 is 5.32 Å². The van der Waals surface area contributed by atoms with Gasteiger partial charge in [-0.2, -0.15) is 0 Å². The van der Waals surface area contributed by atoms with E-state index in [2.05, 4.69) is 54.6 Å². The topological polar surface area (TPSA) is 24.4 Å². The normalized spacial score (nSPS) is 21.4. The van der Waals surface area contributed by atoms with Crippen LogP contribution in [0, 0.1) is 12.8 Å². The second-order valence-electron chi connectivity index (χ2n) is 5.08. The molecule has 0 aliphatic carbocycles. The van der Waals surface area contributed by atoms with Crippen molar-refractivity contribution in [3.63, 3.8) is 0 Å². The smallest absolute Gasteiger partial charge is 0.0299 e. The predicted octanol–water partition coefficient (Wildman–Crippen LogP) is 3.43. The van der Waals surface area contributed by atoms with Crippen molar-refractivity contribution in [1.29, 1.82) is 0 Å². The third-order valence-electron chi connectivity index (χ3n) is 3.41. The Kier molecular flexibility index (Phi) is 4.71. The lowest BCUT2D eigenvalue weighted by molar-refractivity contribution is 0.463. The Labute approximate surface area is 110 Å². The molecule has 2 heteroatoms. The van der Waals surface area contributed by atoms with Crippen molar-refractivity contribution in [3.05, 3.63) is 41.6 Å². The summed E-state index contributed by atoms with van der Waals surface area (Å²) >= 11 is 0. The molecule has 1 atom stereocenters. The average Bonchev–Trinajstić information content (AvgIpc) is 2.40. The van der Waals surface area contributed by atoms with Gasteiger partial charge < -0.3 is 5.32 Å². The van der Waals surface area contributed by atoms with Crippen LogP contribution in [0.15, 0.2) is 35.5 Å². The first-order chi connectivity index (χ1) is 8.75. The van der Waals surface area contributed by atoms with E-state index in [1.54, 1.807) is 0 Å². The van der Waals surface area contributed by atoms with E-state index in [4.69, 9.17) is 0 Å². The molecule has 0 radical (unpaired) electrons. The molecular formula is C16H22N2. The molecule has 0 bridgehead atoms. The van der Waals surface area contributed by atoms with Gasteiger partial charge in [-0.25, -0.2) is 0 Å². The van der Waals surface area contributed by atoms with E-state index in [0.29, 0.717) is 5.92 Å². The van der Waals surface area contributed by atoms with Crippen LogP contribution in [-0.2, 0) is 0 Å². The molecule has 1 heterocycles. The second kappa shape index (κ2) is 6.50. The first-order valence-corrected chi connectivity index (χ1v) is 6.73. The highest BCUT2D eigenvalue weighted by Gasteiger charge is 2.09. The Morgan fingerprint density at radius 1 is 1.33 bits per heavy atom. The maximum Gasteiger partial charge on any atom is 0.0299 e. The van der Waals surface area contributed by atoms with Gasteiger partial charge in [0.2, 0.25) is 0 Å². The Morgan fingerprint density at radius 3 is 2.78 bits per heavy atom. The van der Waals surface area contributed by atoms with Crippen LogP contribution in [0.4, 0.5) is 0 Å². The molecule has 1 N–H and O–H groups in total. The van der Waals surface area contributed by atoms with E-state index in [0.717, 1.165) is 13.1 Å². The number of piperidine rings is 1. The Morgan fingerprint density at radius 2 is 2.11 bits per heavy atom. The summed E-state index contributed by atoms with van der Waals surface area (Å²) in [5.74, 6) is 0.598. The van der Waals surface area contributed by atoms with Crippen molar-refractivity contribution in [3.8, 4) is 0 Å². The number of aryl methyl sites for hydroxylation is 1. The number of benzene rings is 1. The minimum Gasteiger partial charge on any atom is -0.316 e. The van der Waals surface area contributed by atoms with E-state index < -0.39 is 0 Å². The van der Waals surface area contributed by atoms with Gasteiger partial charge in [-0.15, -0.1) is 0 Å². The van der Waals surface area contributed by atoms with E-state index in [-0.39, 0.29) is 0 Å². The fraction of sp³-hybridized carbons (Fsp3) is 0.438. The molecule has 2 nitrogen and oxygen atoms in total. The number of rotatable bonds is 3. The first-order valence-electron chi connectivity index (χ1n) is 6.73. The number of hydrogen-bond donors (Lipinski definition) is 1. The molecule has 1 aromatic carbocycles. The van der Waals surface area contributed by atoms with Crippen molar-refractivity contribution in [2.24, 2.45) is 10.9 Å². The standard InChI is InChI=1S/C16H22N2/c1-13-5-7-16(8-6-13)14(2)10-18-12-15-4-3-9-17-11-15/h5-8,10,12,15,17H,3-4,9,11H2,1-2H3/b14-10+,18-12?. The van der Waals surface area contributed by atoms with Gasteiger partial charge >= 0.3 is 0 Å². The lowest BCUT2D eigenvalue weighted by Crippen LogP contribution is -2.30. The van der Waals surface area contributed by atoms with Gasteiger partial charge in [0.05, 0.1) is 0 Å². The molecule has 0 spiro atoms. The summed E-state index contributed by atoms with van der Waals surface area (Å²) in [6, 6.07) is 8.58. The maximum atomic E-state index is 4.47. The summed E-state index contributed by atoms with van der Waals surface area (Å²) in [7, 11) is 0. The van der Waals surface area contributed by atoms with Gasteiger partial charge in [0.15, 0.2) is 0 Å². The van der Waals surface area contributed by atoms with Crippen LogP contribution in [0.3, 0.4) is 0 Å². The minimum atomic E-state index is 0.598. The summed E-state index contributed by atoms with van der Waals surface area (Å²) < 4.78 is 0. The molecule has 0 saturated carbocycles. The van der Waals surface area contributed by atoms with E-state index in [1.165, 1.54) is 29.5 Å². The summed E-state index contributed by atoms with van der Waals surface area (Å²) in [5.41, 5.74) is 3.76. The third kappa shape index (κ3) is 3.81. The quantitative estimate of drug-likeness (QED) is 0.807. The molecular weight excluding hydrogens is 220 g/mol. The Hall–Kier alpha value is -1.41. The van der Waals surface area contributed by atoms with Crippen molar-refractivity contribution in [2.45, 2.75) is 26.7 Å². The van der Waals surface area contributed by atoms with Gasteiger partial charge in [-0.1, -0.05) is 29.8 Å². The average molecular weight is 242 g/mol. The van der Waals surface area contributed by atoms with Gasteiger partial charge in [-0.05, 0) is 44.4 Å². The summed E-state index contributed by atoms with van der Waals surface area (Å²) in [6.07, 6.45) is 6.58. The molecule has 1 saturated heterocycles. The number of nitrogens with zero attached hydrogens (tertiary/aromatic N) is 1. The predicted molar refractivity (Wildman–Crippen MR) is 78.9 cm³/mol. The largest absolute Gasteiger partial charge is 0.316 e. The number of aliphatic imine (C=N–C) groups is 1. The van der Waals surface area contributed by atoms with Gasteiger partial charge in [0, 0.05) is 24.9 Å². The molecule has 2 rings (SSSR count). The van der Waals surface area contributed by atoms with Crippen molar-refractivity contribution >= 4 is 11.8 Å². The summed E-state index contributed by atoms with van der Waals surface area (Å²) in [5, 5.41) is 3.40. The maximum absolute atomic E-state index is 4.47. The van der Waals surface area contributed by atoms with Crippen LogP contribution in [0.5, 0.6) is 0 Å². The van der Waals surface area contributed by atoms with Crippen LogP contribution in [0.1, 0.15) is 30.9 Å². The highest BCUT2D eigenvalue weighted by Crippen LogP contribution is 2.14. The molecule has 1 aromatic rings. The second-order valence-corrected chi connectivity index (χ2v) is 5.08. The highest BCUT2D eigenvalue weighted by atomic mass is 14.9. The van der Waals surface area contributed by atoms with Crippen molar-refractivity contribution < 1.29 is 0 Å². The molecule has 18 heavy (non-hydrogen) atoms. The Balaban J connectivity index is 1.95. The fourth-order valence-electron chi connectivity index (χ4n) is 2.17. The van der Waals surface area contributed by atoms with E-state index in [9.17, 15) is 0 Å². The minimum absolute atomic E-state index is 0.598. The zero-order chi connectivity index (χ0) is 12.8. The van der Waals surface area contributed by atoms with Crippen LogP contribution in [0.25, 0.3) is 5.57 Å². The van der Waals surface area contributed by atoms with E-state index >= 15 is 0 Å². The van der Waals surface area contributed by atoms with Gasteiger partial charge in [0.1, 0.15) is 0 Å². The molecule has 0 aromatic heterocycles. The van der Waals surface area contributed by atoms with Crippen LogP contribution in [-0.4, -0.2) is 19.3 Å². The monoisotopic (exact) mass is 242 g/mol. The van der Waals surface area contributed by atoms with Gasteiger partial charge in [-0.3, -0.25) is 4.99 Å². The number of hydrogen-bond acceptors (Lipinski definition) is 2. The zero-order valence-corrected chi connectivity index (χ0v) is 11.3. The van der Waals surface area contributed by atoms with Gasteiger partial charge in [0.25, 0.3) is 0 Å². The molecule has 0 amide bonds. The molecule has 1 unspecified atom stereocenters. The molecule has 1 aliphatic heterocycles. The zero-order valence-electron chi connectivity index (χ0n) is 11.3. The lowest BCUT2D eigenvalue weighted by Gasteiger charge is -2.18. The summed E-state index contributed by atoms with van der Waals surface area (Å²) in [6.45, 7) is 6.45. The van der Waals surface area contributed by atoms with E-state index in [1.807, 2.05) is 6.20 Å². The van der Waals surface area contributed by atoms with Crippen LogP contribution in [0.2, 0.25) is 0 Å². The highest BCUT2D eigenvalue weighted by molar-refractivity contribution is 5.67. The number of nitrogens with one attached hydrogen (secondary N) is 1. The van der Waals surface area contributed by atoms with Crippen molar-refractivity contribution in [2.75, 3.05) is 13.1 Å². The Bertz CT molecular complexity index is 423. The molecule has 1 fully saturated rings. The lowest BCUT2D eigenvalue weighted by atomic mass is 10.0. The first kappa shape index (κ1) is 13.0. The van der Waals surface area contributed by atoms with Crippen molar-refractivity contribution in [1.82, 2.24) is 5.32 Å². The third-order valence-corrected chi connectivity index (χ3v) is 3.41. The molecule has 1 aliphatic rings. The fourth-order valence-corrected chi connectivity index (χ4v) is 2.17.